The van der Waals surface area contributed by atoms with Gasteiger partial charge in [0.1, 0.15) is 0 Å². The Morgan fingerprint density at radius 2 is 1.91 bits per heavy atom. The monoisotopic (exact) mass is 325 g/mol. The Kier molecular flexibility index (Phi) is 8.90. The molecule has 0 saturated carbocycles. The molecule has 23 heavy (non-hydrogen) atoms. The lowest BCUT2D eigenvalue weighted by molar-refractivity contribution is -0.144. The molecule has 0 unspecified atom stereocenters. The number of hydrogen-bond donors (Lipinski definition) is 0. The molecule has 0 fully saturated rings. The molecule has 1 aromatic rings. The molecule has 1 atom stereocenters. The second-order valence-corrected chi connectivity index (χ2v) is 5.26. The van der Waals surface area contributed by atoms with Gasteiger partial charge in [0.2, 0.25) is 0 Å². The zero-order chi connectivity index (χ0) is 17.1. The minimum atomic E-state index is -0.650. The van der Waals surface area contributed by atoms with Crippen molar-refractivity contribution in [2.75, 3.05) is 33.5 Å². The highest BCUT2D eigenvalue weighted by atomic mass is 19.1. The van der Waals surface area contributed by atoms with Crippen molar-refractivity contribution in [2.45, 2.75) is 19.9 Å². The predicted octanol–water partition coefficient (Wildman–Crippen LogP) is 2.20. The Hall–Kier alpha value is -1.95. The van der Waals surface area contributed by atoms with E-state index in [4.69, 9.17) is 4.74 Å². The fourth-order valence-electron chi connectivity index (χ4n) is 2.27. The summed E-state index contributed by atoms with van der Waals surface area (Å²) in [5, 5.41) is 0. The van der Waals surface area contributed by atoms with Gasteiger partial charge >= 0.3 is 11.9 Å². The van der Waals surface area contributed by atoms with E-state index in [1.807, 2.05) is 30.3 Å². The van der Waals surface area contributed by atoms with Crippen LogP contribution in [0.5, 0.6) is 0 Å². The summed E-state index contributed by atoms with van der Waals surface area (Å²) in [4.78, 5) is 24.9. The topological polar surface area (TPSA) is 55.8 Å². The Balaban J connectivity index is 2.72. The van der Waals surface area contributed by atoms with Crippen LogP contribution in [0.15, 0.2) is 30.3 Å². The van der Waals surface area contributed by atoms with Crippen LogP contribution in [0.1, 0.15) is 18.9 Å². The number of nitrogens with zero attached hydrogens (tertiary/aromatic N) is 1. The number of esters is 2. The molecule has 6 heteroatoms. The van der Waals surface area contributed by atoms with Crippen molar-refractivity contribution in [3.05, 3.63) is 35.9 Å². The van der Waals surface area contributed by atoms with Crippen LogP contribution in [0.25, 0.3) is 0 Å². The van der Waals surface area contributed by atoms with Gasteiger partial charge in [-0.25, -0.2) is 0 Å². The molecule has 0 N–H and O–H groups in total. The third-order valence-corrected chi connectivity index (χ3v) is 3.32. The van der Waals surface area contributed by atoms with Crippen LogP contribution >= 0.6 is 0 Å². The maximum absolute atomic E-state index is 13.2. The molecule has 128 valence electrons. The molecular weight excluding hydrogens is 301 g/mol. The van der Waals surface area contributed by atoms with E-state index in [9.17, 15) is 14.0 Å². The zero-order valence-corrected chi connectivity index (χ0v) is 13.7. The molecule has 0 bridgehead atoms. The third kappa shape index (κ3) is 7.74. The molecule has 0 saturated heterocycles. The van der Waals surface area contributed by atoms with Crippen LogP contribution < -0.4 is 0 Å². The first-order valence-corrected chi connectivity index (χ1v) is 7.63. The number of alkyl halides is 1. The average Bonchev–Trinajstić information content (AvgIpc) is 2.55. The van der Waals surface area contributed by atoms with Gasteiger partial charge in [-0.1, -0.05) is 30.3 Å². The molecule has 0 aromatic heterocycles. The van der Waals surface area contributed by atoms with E-state index in [0.29, 0.717) is 13.2 Å². The van der Waals surface area contributed by atoms with Crippen LogP contribution in [0.2, 0.25) is 0 Å². The summed E-state index contributed by atoms with van der Waals surface area (Å²) in [5.41, 5.74) is 1.01. The number of ether oxygens (including phenoxy) is 2. The smallest absolute Gasteiger partial charge is 0.320 e. The fraction of sp³-hybridized carbons (Fsp3) is 0.529. The molecule has 0 amide bonds. The molecule has 0 heterocycles. The fourth-order valence-corrected chi connectivity index (χ4v) is 2.27. The van der Waals surface area contributed by atoms with Crippen LogP contribution in [0, 0.1) is 5.92 Å². The van der Waals surface area contributed by atoms with E-state index in [-0.39, 0.29) is 25.5 Å². The maximum Gasteiger partial charge on any atom is 0.320 e. The predicted molar refractivity (Wildman–Crippen MR) is 84.5 cm³/mol. The second-order valence-electron chi connectivity index (χ2n) is 5.26. The lowest BCUT2D eigenvalue weighted by Crippen LogP contribution is -2.36. The summed E-state index contributed by atoms with van der Waals surface area (Å²) in [6.45, 7) is 2.20. The van der Waals surface area contributed by atoms with Crippen molar-refractivity contribution < 1.29 is 23.5 Å². The summed E-state index contributed by atoms with van der Waals surface area (Å²) in [6.07, 6.45) is -0.0128. The van der Waals surface area contributed by atoms with Gasteiger partial charge in [0, 0.05) is 19.0 Å². The van der Waals surface area contributed by atoms with Gasteiger partial charge in [0.15, 0.2) is 0 Å². The van der Waals surface area contributed by atoms with Gasteiger partial charge < -0.3 is 9.47 Å². The van der Waals surface area contributed by atoms with Gasteiger partial charge in [-0.2, -0.15) is 0 Å². The standard InChI is InChI=1S/C17H24FNO4/c1-3-23-17(21)13-19(11-14-7-5-4-6-8-14)12-15(10-18)9-16(20)22-2/h4-8,15H,3,9-13H2,1-2H3/t15-/m1/s1. The van der Waals surface area contributed by atoms with E-state index in [1.54, 1.807) is 11.8 Å². The molecule has 1 aromatic carbocycles. The minimum absolute atomic E-state index is 0.0128. The van der Waals surface area contributed by atoms with Crippen molar-refractivity contribution in [1.29, 1.82) is 0 Å². The number of carbonyl (C=O) groups is 2. The molecule has 1 rings (SSSR count). The number of methoxy groups -OCH3 is 1. The van der Waals surface area contributed by atoms with E-state index >= 15 is 0 Å². The highest BCUT2D eigenvalue weighted by molar-refractivity contribution is 5.71. The van der Waals surface area contributed by atoms with Gasteiger partial charge in [0.25, 0.3) is 0 Å². The summed E-state index contributed by atoms with van der Waals surface area (Å²) >= 11 is 0. The maximum atomic E-state index is 13.2. The quantitative estimate of drug-likeness (QED) is 0.617. The molecule has 0 radical (unpaired) electrons. The number of benzene rings is 1. The van der Waals surface area contributed by atoms with Crippen molar-refractivity contribution in [3.63, 3.8) is 0 Å². The molecular formula is C17H24FNO4. The molecule has 0 aliphatic heterocycles. The van der Waals surface area contributed by atoms with Gasteiger partial charge in [-0.15, -0.1) is 0 Å². The molecule has 5 nitrogen and oxygen atoms in total. The first-order chi connectivity index (χ1) is 11.1. The largest absolute Gasteiger partial charge is 0.469 e. The van der Waals surface area contributed by atoms with Crippen LogP contribution in [-0.2, 0) is 25.6 Å². The first kappa shape index (κ1) is 19.1. The Bertz CT molecular complexity index is 481. The van der Waals surface area contributed by atoms with E-state index in [2.05, 4.69) is 4.74 Å². The zero-order valence-electron chi connectivity index (χ0n) is 13.7. The van der Waals surface area contributed by atoms with Gasteiger partial charge in [-0.3, -0.25) is 18.9 Å². The van der Waals surface area contributed by atoms with Crippen molar-refractivity contribution in [2.24, 2.45) is 5.92 Å². The van der Waals surface area contributed by atoms with E-state index in [1.165, 1.54) is 7.11 Å². The molecule has 0 spiro atoms. The van der Waals surface area contributed by atoms with Crippen LogP contribution in [0.4, 0.5) is 4.39 Å². The second kappa shape index (κ2) is 10.7. The van der Waals surface area contributed by atoms with Crippen molar-refractivity contribution >= 4 is 11.9 Å². The third-order valence-electron chi connectivity index (χ3n) is 3.32. The highest BCUT2D eigenvalue weighted by Gasteiger charge is 2.20. The van der Waals surface area contributed by atoms with Gasteiger partial charge in [-0.05, 0) is 12.5 Å². The number of rotatable bonds is 10. The summed E-state index contributed by atoms with van der Waals surface area (Å²) in [5.74, 6) is -1.33. The highest BCUT2D eigenvalue weighted by Crippen LogP contribution is 2.12. The lowest BCUT2D eigenvalue weighted by atomic mass is 10.1. The molecule has 0 aliphatic carbocycles. The van der Waals surface area contributed by atoms with E-state index in [0.717, 1.165) is 5.56 Å². The Morgan fingerprint density at radius 1 is 1.22 bits per heavy atom. The Morgan fingerprint density at radius 3 is 2.48 bits per heavy atom. The summed E-state index contributed by atoms with van der Waals surface area (Å²) in [7, 11) is 1.28. The first-order valence-electron chi connectivity index (χ1n) is 7.63. The van der Waals surface area contributed by atoms with Crippen LogP contribution in [-0.4, -0.2) is 50.3 Å². The van der Waals surface area contributed by atoms with Crippen molar-refractivity contribution in [1.82, 2.24) is 4.90 Å². The molecule has 0 aliphatic rings. The number of halogens is 1. The SMILES string of the molecule is CCOC(=O)CN(Cc1ccccc1)C[C@@H](CF)CC(=O)OC. The number of carbonyl (C=O) groups excluding carboxylic acids is 2. The van der Waals surface area contributed by atoms with E-state index < -0.39 is 18.6 Å². The minimum Gasteiger partial charge on any atom is -0.469 e. The van der Waals surface area contributed by atoms with Crippen molar-refractivity contribution in [3.8, 4) is 0 Å². The van der Waals surface area contributed by atoms with Gasteiger partial charge in [0.05, 0.1) is 33.4 Å². The summed E-state index contributed by atoms with van der Waals surface area (Å²) < 4.78 is 22.7. The summed E-state index contributed by atoms with van der Waals surface area (Å²) in [6, 6.07) is 9.57. The number of hydrogen-bond acceptors (Lipinski definition) is 5. The lowest BCUT2D eigenvalue weighted by Gasteiger charge is -2.25. The Labute approximate surface area is 136 Å². The van der Waals surface area contributed by atoms with Crippen LogP contribution in [0.3, 0.4) is 0 Å². The average molecular weight is 325 g/mol. The normalized spacial score (nSPS) is 12.0.